The quantitative estimate of drug-likeness (QED) is 0.718. The Morgan fingerprint density at radius 3 is 2.71 bits per heavy atom. The number of aromatic nitrogens is 2. The van der Waals surface area contributed by atoms with Crippen LogP contribution in [-0.4, -0.2) is 15.2 Å². The van der Waals surface area contributed by atoms with Crippen LogP contribution in [-0.2, 0) is 12.8 Å². The largest absolute Gasteiger partial charge is 0.508 e. The molecule has 0 unspecified atom stereocenters. The number of hydrogen-bond donors (Lipinski definition) is 2. The number of benzene rings is 2. The van der Waals surface area contributed by atoms with E-state index in [-0.39, 0.29) is 5.75 Å². The molecule has 0 bridgehead atoms. The van der Waals surface area contributed by atoms with Gasteiger partial charge < -0.3 is 15.4 Å². The summed E-state index contributed by atoms with van der Waals surface area (Å²) in [7, 11) is 0. The van der Waals surface area contributed by atoms with E-state index in [1.165, 1.54) is 0 Å². The van der Waals surface area contributed by atoms with E-state index in [1.54, 1.807) is 18.2 Å². The molecule has 0 saturated heterocycles. The van der Waals surface area contributed by atoms with Crippen molar-refractivity contribution in [2.24, 2.45) is 0 Å². The van der Waals surface area contributed by atoms with Gasteiger partial charge in [0.15, 0.2) is 0 Å². The number of phenols is 1. The van der Waals surface area contributed by atoms with Gasteiger partial charge in [0.05, 0.1) is 0 Å². The lowest BCUT2D eigenvalue weighted by Crippen LogP contribution is -1.93. The lowest BCUT2D eigenvalue weighted by Gasteiger charge is -1.99. The molecular formula is C16H15N3O2. The van der Waals surface area contributed by atoms with E-state index in [1.807, 2.05) is 30.3 Å². The van der Waals surface area contributed by atoms with Gasteiger partial charge in [0.25, 0.3) is 0 Å². The summed E-state index contributed by atoms with van der Waals surface area (Å²) >= 11 is 0. The average Bonchev–Trinajstić information content (AvgIpc) is 2.94. The number of aromatic hydroxyl groups is 1. The molecule has 1 aromatic heterocycles. The summed E-state index contributed by atoms with van der Waals surface area (Å²) in [5.41, 5.74) is 8.36. The van der Waals surface area contributed by atoms with Gasteiger partial charge in [-0.2, -0.15) is 4.98 Å². The minimum absolute atomic E-state index is 0.179. The number of hydrogen-bond acceptors (Lipinski definition) is 5. The van der Waals surface area contributed by atoms with Gasteiger partial charge in [0.1, 0.15) is 5.75 Å². The van der Waals surface area contributed by atoms with Crippen molar-refractivity contribution < 1.29 is 9.63 Å². The molecule has 21 heavy (non-hydrogen) atoms. The van der Waals surface area contributed by atoms with Crippen molar-refractivity contribution in [3.63, 3.8) is 0 Å². The molecule has 0 atom stereocenters. The Labute approximate surface area is 122 Å². The summed E-state index contributed by atoms with van der Waals surface area (Å²) in [5.74, 6) is 1.22. The second-order valence-electron chi connectivity index (χ2n) is 4.81. The minimum atomic E-state index is 0.179. The Balaban J connectivity index is 1.71. The topological polar surface area (TPSA) is 85.2 Å². The van der Waals surface area contributed by atoms with Crippen LogP contribution in [0, 0.1) is 0 Å². The van der Waals surface area contributed by atoms with E-state index in [0.29, 0.717) is 18.1 Å². The maximum Gasteiger partial charge on any atom is 0.227 e. The Hall–Kier alpha value is -2.82. The third kappa shape index (κ3) is 3.20. The van der Waals surface area contributed by atoms with Gasteiger partial charge in [0, 0.05) is 17.7 Å². The summed E-state index contributed by atoms with van der Waals surface area (Å²) < 4.78 is 5.24. The standard InChI is InChI=1S/C16H15N3O2/c17-13-5-1-3-11(9-13)7-8-15-18-16(19-21-15)12-4-2-6-14(20)10-12/h1-6,9-10,20H,7-8,17H2. The Morgan fingerprint density at radius 2 is 1.90 bits per heavy atom. The van der Waals surface area contributed by atoms with Crippen LogP contribution >= 0.6 is 0 Å². The Kier molecular flexibility index (Phi) is 3.55. The van der Waals surface area contributed by atoms with Gasteiger partial charge in [-0.25, -0.2) is 0 Å². The molecule has 3 N–H and O–H groups in total. The average molecular weight is 281 g/mol. The number of rotatable bonds is 4. The second-order valence-corrected chi connectivity index (χ2v) is 4.81. The van der Waals surface area contributed by atoms with E-state index in [0.717, 1.165) is 23.2 Å². The molecule has 0 saturated carbocycles. The predicted molar refractivity (Wildman–Crippen MR) is 79.7 cm³/mol. The van der Waals surface area contributed by atoms with E-state index < -0.39 is 0 Å². The fourth-order valence-electron chi connectivity index (χ4n) is 2.12. The zero-order valence-electron chi connectivity index (χ0n) is 11.4. The van der Waals surface area contributed by atoms with Crippen LogP contribution in [0.25, 0.3) is 11.4 Å². The molecule has 1 heterocycles. The molecular weight excluding hydrogens is 266 g/mol. The van der Waals surface area contributed by atoms with Crippen molar-refractivity contribution in [2.45, 2.75) is 12.8 Å². The number of phenolic OH excluding ortho intramolecular Hbond substituents is 1. The number of anilines is 1. The smallest absolute Gasteiger partial charge is 0.227 e. The zero-order chi connectivity index (χ0) is 14.7. The van der Waals surface area contributed by atoms with Crippen molar-refractivity contribution in [1.29, 1.82) is 0 Å². The highest BCUT2D eigenvalue weighted by Gasteiger charge is 2.09. The predicted octanol–water partition coefficient (Wildman–Crippen LogP) is 2.81. The first kappa shape index (κ1) is 13.2. The Morgan fingerprint density at radius 1 is 1.05 bits per heavy atom. The van der Waals surface area contributed by atoms with Crippen LogP contribution in [0.1, 0.15) is 11.5 Å². The molecule has 2 aromatic carbocycles. The lowest BCUT2D eigenvalue weighted by molar-refractivity contribution is 0.379. The summed E-state index contributed by atoms with van der Waals surface area (Å²) in [6.07, 6.45) is 1.43. The van der Waals surface area contributed by atoms with Gasteiger partial charge in [-0.1, -0.05) is 29.4 Å². The second kappa shape index (κ2) is 5.66. The first-order valence-electron chi connectivity index (χ1n) is 6.67. The van der Waals surface area contributed by atoms with E-state index in [2.05, 4.69) is 10.1 Å². The highest BCUT2D eigenvalue weighted by molar-refractivity contribution is 5.56. The fourth-order valence-corrected chi connectivity index (χ4v) is 2.12. The molecule has 0 aliphatic carbocycles. The van der Waals surface area contributed by atoms with Crippen molar-refractivity contribution >= 4 is 5.69 Å². The third-order valence-electron chi connectivity index (χ3n) is 3.15. The van der Waals surface area contributed by atoms with Crippen LogP contribution in [0.3, 0.4) is 0 Å². The highest BCUT2D eigenvalue weighted by Crippen LogP contribution is 2.20. The van der Waals surface area contributed by atoms with Crippen LogP contribution in [0.2, 0.25) is 0 Å². The first-order valence-corrected chi connectivity index (χ1v) is 6.67. The molecule has 0 fully saturated rings. The van der Waals surface area contributed by atoms with Crippen molar-refractivity contribution in [1.82, 2.24) is 10.1 Å². The normalized spacial score (nSPS) is 10.7. The third-order valence-corrected chi connectivity index (χ3v) is 3.15. The van der Waals surface area contributed by atoms with Crippen LogP contribution in [0.5, 0.6) is 5.75 Å². The van der Waals surface area contributed by atoms with Gasteiger partial charge in [0.2, 0.25) is 11.7 Å². The summed E-state index contributed by atoms with van der Waals surface area (Å²) in [6, 6.07) is 14.5. The fraction of sp³-hybridized carbons (Fsp3) is 0.125. The molecule has 0 radical (unpaired) electrons. The van der Waals surface area contributed by atoms with Gasteiger partial charge >= 0.3 is 0 Å². The SMILES string of the molecule is Nc1cccc(CCc2nc(-c3cccc(O)c3)no2)c1. The number of aryl methyl sites for hydroxylation is 2. The maximum absolute atomic E-state index is 9.46. The first-order chi connectivity index (χ1) is 10.2. The zero-order valence-corrected chi connectivity index (χ0v) is 11.4. The van der Waals surface area contributed by atoms with Crippen molar-refractivity contribution in [3.05, 3.63) is 60.0 Å². The molecule has 106 valence electrons. The van der Waals surface area contributed by atoms with Gasteiger partial charge in [-0.3, -0.25) is 0 Å². The maximum atomic E-state index is 9.46. The highest BCUT2D eigenvalue weighted by atomic mass is 16.5. The van der Waals surface area contributed by atoms with Crippen molar-refractivity contribution in [2.75, 3.05) is 5.73 Å². The molecule has 0 aliphatic heterocycles. The van der Waals surface area contributed by atoms with Crippen LogP contribution in [0.15, 0.2) is 53.1 Å². The van der Waals surface area contributed by atoms with Crippen molar-refractivity contribution in [3.8, 4) is 17.1 Å². The lowest BCUT2D eigenvalue weighted by atomic mass is 10.1. The monoisotopic (exact) mass is 281 g/mol. The van der Waals surface area contributed by atoms with Crippen LogP contribution in [0.4, 0.5) is 5.69 Å². The van der Waals surface area contributed by atoms with E-state index in [4.69, 9.17) is 10.3 Å². The molecule has 0 amide bonds. The molecule has 0 aliphatic rings. The number of nitrogen functional groups attached to an aromatic ring is 1. The van der Waals surface area contributed by atoms with E-state index in [9.17, 15) is 5.11 Å². The minimum Gasteiger partial charge on any atom is -0.508 e. The molecule has 0 spiro atoms. The summed E-state index contributed by atoms with van der Waals surface area (Å²) in [6.45, 7) is 0. The molecule has 3 aromatic rings. The van der Waals surface area contributed by atoms with Crippen LogP contribution < -0.4 is 5.73 Å². The summed E-state index contributed by atoms with van der Waals surface area (Å²) in [4.78, 5) is 4.34. The van der Waals surface area contributed by atoms with E-state index >= 15 is 0 Å². The summed E-state index contributed by atoms with van der Waals surface area (Å²) in [5, 5.41) is 13.4. The molecule has 3 rings (SSSR count). The molecule has 5 nitrogen and oxygen atoms in total. The van der Waals surface area contributed by atoms with Gasteiger partial charge in [-0.15, -0.1) is 0 Å². The number of nitrogens with two attached hydrogens (primary N) is 1. The molecule has 5 heteroatoms. The Bertz CT molecular complexity index is 753. The number of nitrogens with zero attached hydrogens (tertiary/aromatic N) is 2. The van der Waals surface area contributed by atoms with Gasteiger partial charge in [-0.05, 0) is 36.2 Å².